The summed E-state index contributed by atoms with van der Waals surface area (Å²) in [6.45, 7) is 7.13. The Kier molecular flexibility index (Phi) is 6.21. The van der Waals surface area contributed by atoms with Gasteiger partial charge in [0, 0.05) is 32.7 Å². The predicted octanol–water partition coefficient (Wildman–Crippen LogP) is 7.57. The summed E-state index contributed by atoms with van der Waals surface area (Å²) in [5, 5.41) is 4.25. The van der Waals surface area contributed by atoms with Gasteiger partial charge in [0.2, 0.25) is 0 Å². The fraction of sp³-hybridized carbons (Fsp3) is 0.200. The van der Waals surface area contributed by atoms with Gasteiger partial charge in [-0.1, -0.05) is 35.9 Å². The van der Waals surface area contributed by atoms with Gasteiger partial charge in [-0.15, -0.1) is 60.8 Å². The Morgan fingerprint density at radius 1 is 1.26 bits per heavy atom. The summed E-state index contributed by atoms with van der Waals surface area (Å²) in [5.41, 5.74) is 4.06. The van der Waals surface area contributed by atoms with Crippen LogP contribution in [0.2, 0.25) is 0 Å². The topological polar surface area (TPSA) is 39.9 Å². The van der Waals surface area contributed by atoms with E-state index in [9.17, 15) is 0 Å². The molecule has 0 bridgehead atoms. The molecule has 0 spiro atoms. The fourth-order valence-electron chi connectivity index (χ4n) is 3.51. The molecule has 4 heterocycles. The fourth-order valence-corrected chi connectivity index (χ4v) is 4.89. The molecule has 2 aliphatic rings. The first-order valence-electron chi connectivity index (χ1n) is 14.6. The Bertz CT molecular complexity index is 1550. The maximum atomic E-state index is 8.20. The van der Waals surface area contributed by atoms with Crippen LogP contribution in [0.15, 0.2) is 101 Å². The van der Waals surface area contributed by atoms with Crippen LogP contribution in [0.3, 0.4) is 0 Å². The Morgan fingerprint density at radius 3 is 2.83 bits per heavy atom. The zero-order valence-corrected chi connectivity index (χ0v) is 22.2. The molecule has 5 rings (SSSR count). The van der Waals surface area contributed by atoms with Crippen LogP contribution in [-0.2, 0) is 20.1 Å². The molecule has 0 fully saturated rings. The molecule has 3 aromatic rings. The van der Waals surface area contributed by atoms with E-state index in [1.807, 2.05) is 43.5 Å². The maximum Gasteiger partial charge on any atom is 3.00 e. The number of hydrogen-bond donors (Lipinski definition) is 0. The average Bonchev–Trinajstić information content (AvgIpc) is 3.32. The van der Waals surface area contributed by atoms with E-state index in [1.54, 1.807) is 12.1 Å². The van der Waals surface area contributed by atoms with Gasteiger partial charge < -0.3 is 16.0 Å². The van der Waals surface area contributed by atoms with Gasteiger partial charge in [0.15, 0.2) is 0 Å². The summed E-state index contributed by atoms with van der Waals surface area (Å²) < 4.78 is 61.3. The molecule has 0 saturated carbocycles. The van der Waals surface area contributed by atoms with E-state index in [2.05, 4.69) is 34.0 Å². The summed E-state index contributed by atoms with van der Waals surface area (Å²) in [6.07, 6.45) is 3.54. The second-order valence-corrected chi connectivity index (χ2v) is 8.87. The monoisotopic (exact) mass is 663 g/mol. The van der Waals surface area contributed by atoms with Crippen molar-refractivity contribution in [1.29, 1.82) is 0 Å². The SMILES string of the molecule is Cc1ccc(-c2[c-]cccc2)nc1.[2H]C1=C(C(=[CH-])C2Sc3nc(C([2H])([2H])[2H])ccc3C2C=C)[N-]CC(C([2H])([2H])[2H])=C1[2H].[Ir+3]. The molecule has 3 nitrogen and oxygen atoms in total. The van der Waals surface area contributed by atoms with Crippen molar-refractivity contribution >= 4 is 11.8 Å². The first-order chi connectivity index (χ1) is 19.7. The van der Waals surface area contributed by atoms with E-state index in [0.717, 1.165) is 16.8 Å². The summed E-state index contributed by atoms with van der Waals surface area (Å²) in [5.74, 6) is -0.286. The number of nitrogens with zero attached hydrogens (tertiary/aromatic N) is 3. The maximum absolute atomic E-state index is 8.20. The number of hydrogen-bond acceptors (Lipinski definition) is 3. The van der Waals surface area contributed by atoms with Crippen LogP contribution in [0.1, 0.15) is 40.6 Å². The molecule has 178 valence electrons. The zero-order valence-electron chi connectivity index (χ0n) is 27.0. The van der Waals surface area contributed by atoms with Gasteiger partial charge in [-0.25, -0.2) is 10.6 Å². The van der Waals surface area contributed by atoms with E-state index >= 15 is 0 Å². The second-order valence-electron chi connectivity index (χ2n) is 7.74. The number of rotatable bonds is 4. The van der Waals surface area contributed by atoms with Crippen LogP contribution >= 0.6 is 11.8 Å². The molecule has 0 radical (unpaired) electrons. The smallest absolute Gasteiger partial charge is 0.766 e. The number of pyridine rings is 2. The number of aryl methyl sites for hydroxylation is 2. The summed E-state index contributed by atoms with van der Waals surface area (Å²) >= 11 is 1.25. The Hall–Kier alpha value is -2.72. The van der Waals surface area contributed by atoms with E-state index in [0.29, 0.717) is 5.03 Å². The van der Waals surface area contributed by atoms with Crippen molar-refractivity contribution in [2.75, 3.05) is 6.54 Å². The van der Waals surface area contributed by atoms with E-state index in [1.165, 1.54) is 23.4 Å². The molecule has 35 heavy (non-hydrogen) atoms. The number of fused-ring (bicyclic) bond motifs is 1. The van der Waals surface area contributed by atoms with Crippen LogP contribution in [0, 0.1) is 26.4 Å². The quantitative estimate of drug-likeness (QED) is 0.214. The van der Waals surface area contributed by atoms with Crippen molar-refractivity contribution in [3.63, 3.8) is 0 Å². The average molecular weight is 663 g/mol. The van der Waals surface area contributed by atoms with Crippen LogP contribution in [0.4, 0.5) is 0 Å². The largest absolute Gasteiger partial charge is 3.00 e. The minimum absolute atomic E-state index is 0. The Labute approximate surface area is 238 Å². The third-order valence-corrected chi connectivity index (χ3v) is 6.62. The molecule has 0 N–H and O–H groups in total. The summed E-state index contributed by atoms with van der Waals surface area (Å²) in [7, 11) is 0. The van der Waals surface area contributed by atoms with Crippen molar-refractivity contribution in [3.05, 3.63) is 131 Å². The molecule has 1 aromatic carbocycles. The van der Waals surface area contributed by atoms with Gasteiger partial charge in [-0.2, -0.15) is 6.05 Å². The van der Waals surface area contributed by atoms with Crippen molar-refractivity contribution in [1.82, 2.24) is 9.97 Å². The molecule has 2 unspecified atom stereocenters. The van der Waals surface area contributed by atoms with Crippen molar-refractivity contribution in [2.24, 2.45) is 0 Å². The van der Waals surface area contributed by atoms with Gasteiger partial charge in [0.05, 0.1) is 1.37 Å². The minimum atomic E-state index is -2.50. The summed E-state index contributed by atoms with van der Waals surface area (Å²) in [4.78, 5) is 8.57. The van der Waals surface area contributed by atoms with Crippen LogP contribution in [0.25, 0.3) is 16.6 Å². The predicted molar refractivity (Wildman–Crippen MR) is 143 cm³/mol. The molecule has 0 aliphatic carbocycles. The third-order valence-electron chi connectivity index (χ3n) is 5.27. The zero-order chi connectivity index (χ0) is 30.8. The Morgan fingerprint density at radius 2 is 2.14 bits per heavy atom. The van der Waals surface area contributed by atoms with E-state index in [4.69, 9.17) is 17.5 Å². The summed E-state index contributed by atoms with van der Waals surface area (Å²) in [6, 6.07) is 17.5. The number of aromatic nitrogens is 2. The number of allylic oxidation sites excluding steroid dienone is 4. The van der Waals surface area contributed by atoms with Crippen molar-refractivity contribution < 1.29 is 31.1 Å². The van der Waals surface area contributed by atoms with E-state index in [-0.39, 0.29) is 61.2 Å². The van der Waals surface area contributed by atoms with Crippen molar-refractivity contribution in [3.8, 4) is 11.3 Å². The minimum Gasteiger partial charge on any atom is -0.766 e. The van der Waals surface area contributed by atoms with Gasteiger partial charge in [0.1, 0.15) is 5.03 Å². The number of benzene rings is 1. The molecule has 2 aromatic heterocycles. The third kappa shape index (κ3) is 6.49. The Balaban J connectivity index is 0.000000302. The molecule has 5 heteroatoms. The van der Waals surface area contributed by atoms with Crippen LogP contribution in [-0.4, -0.2) is 21.8 Å². The second kappa shape index (κ2) is 12.3. The standard InChI is InChI=1S/C18H18N2S.C12H10N.Ir/c1-5-14-15-8-7-12(3)20-18(15)21-17(14)13(4)16-9-6-11(2)10-19-16;1-10-7-8-12(13-9-10)11-5-3-2-4-6-11;/h4-9,14,17H,1,10H2,2-3H3;2-5,7-9H,1H3;/q-2;-1;+3/i2D3,3D3,6D,9D;;. The van der Waals surface area contributed by atoms with Gasteiger partial charge >= 0.3 is 20.1 Å². The van der Waals surface area contributed by atoms with Gasteiger partial charge in [-0.3, -0.25) is 6.58 Å². The molecule has 2 aliphatic heterocycles. The molecular formula is C30H28IrN3S. The molecule has 2 atom stereocenters. The molecular weight excluding hydrogens is 627 g/mol. The normalized spacial score (nSPS) is 22.5. The first kappa shape index (κ1) is 17.7. The first-order valence-corrected chi connectivity index (χ1v) is 11.5. The van der Waals surface area contributed by atoms with Crippen LogP contribution < -0.4 is 0 Å². The van der Waals surface area contributed by atoms with E-state index < -0.39 is 25.0 Å². The number of thioether (sulfide) groups is 1. The van der Waals surface area contributed by atoms with Gasteiger partial charge in [0.25, 0.3) is 0 Å². The van der Waals surface area contributed by atoms with Crippen molar-refractivity contribution in [2.45, 2.75) is 36.8 Å². The van der Waals surface area contributed by atoms with Gasteiger partial charge in [-0.05, 0) is 43.5 Å². The molecule has 0 amide bonds. The molecule has 0 saturated heterocycles. The van der Waals surface area contributed by atoms with Crippen LogP contribution in [0.5, 0.6) is 0 Å².